The Morgan fingerprint density at radius 2 is 2.12 bits per heavy atom. The molecule has 0 heterocycles. The van der Waals surface area contributed by atoms with Crippen molar-refractivity contribution >= 4 is 15.7 Å². The third kappa shape index (κ3) is 3.46. The Balaban J connectivity index is 2.97. The van der Waals surface area contributed by atoms with Crippen LogP contribution in [-0.2, 0) is 16.6 Å². The van der Waals surface area contributed by atoms with E-state index in [1.54, 1.807) is 6.92 Å². The van der Waals surface area contributed by atoms with Crippen LogP contribution in [0.3, 0.4) is 0 Å². The molecule has 0 radical (unpaired) electrons. The zero-order valence-electron chi connectivity index (χ0n) is 9.03. The van der Waals surface area contributed by atoms with Gasteiger partial charge in [-0.3, -0.25) is 4.72 Å². The molecular weight excluding hydrogens is 231 g/mol. The van der Waals surface area contributed by atoms with Crippen molar-refractivity contribution in [2.45, 2.75) is 19.9 Å². The van der Waals surface area contributed by atoms with Gasteiger partial charge in [-0.05, 0) is 30.2 Å². The largest absolute Gasteiger partial charge is 0.326 e. The van der Waals surface area contributed by atoms with Crippen LogP contribution in [0.5, 0.6) is 0 Å². The van der Waals surface area contributed by atoms with Crippen LogP contribution in [0.2, 0.25) is 0 Å². The third-order valence-electron chi connectivity index (χ3n) is 2.03. The molecule has 0 spiro atoms. The summed E-state index contributed by atoms with van der Waals surface area (Å²) in [7, 11) is -3.36. The Bertz CT molecular complexity index is 460. The Kier molecular flexibility index (Phi) is 4.26. The van der Waals surface area contributed by atoms with Crippen LogP contribution in [0, 0.1) is 5.82 Å². The van der Waals surface area contributed by atoms with Crippen LogP contribution in [0.1, 0.15) is 18.9 Å². The molecule has 0 unspecified atom stereocenters. The van der Waals surface area contributed by atoms with Gasteiger partial charge in [-0.25, -0.2) is 12.8 Å². The smallest absolute Gasteiger partial charge is 0.232 e. The van der Waals surface area contributed by atoms with Gasteiger partial charge in [0.05, 0.1) is 11.4 Å². The van der Waals surface area contributed by atoms with Gasteiger partial charge in [0.15, 0.2) is 0 Å². The minimum atomic E-state index is -3.36. The number of hydrogen-bond donors (Lipinski definition) is 2. The molecule has 0 amide bonds. The fraction of sp³-hybridized carbons (Fsp3) is 0.400. The molecule has 3 N–H and O–H groups in total. The number of benzene rings is 1. The minimum Gasteiger partial charge on any atom is -0.326 e. The van der Waals surface area contributed by atoms with Gasteiger partial charge in [0.25, 0.3) is 0 Å². The predicted octanol–water partition coefficient (Wildman–Crippen LogP) is 1.44. The fourth-order valence-corrected chi connectivity index (χ4v) is 2.49. The first-order chi connectivity index (χ1) is 7.48. The summed E-state index contributed by atoms with van der Waals surface area (Å²) in [5.41, 5.74) is 6.20. The van der Waals surface area contributed by atoms with Gasteiger partial charge in [-0.1, -0.05) is 6.92 Å². The summed E-state index contributed by atoms with van der Waals surface area (Å²) in [6.07, 6.45) is 0.522. The molecule has 1 aromatic rings. The average molecular weight is 246 g/mol. The van der Waals surface area contributed by atoms with Gasteiger partial charge in [0.2, 0.25) is 10.0 Å². The number of sulfonamides is 1. The molecule has 1 aromatic carbocycles. The molecule has 4 nitrogen and oxygen atoms in total. The van der Waals surface area contributed by atoms with Crippen molar-refractivity contribution in [1.29, 1.82) is 0 Å². The van der Waals surface area contributed by atoms with E-state index in [-0.39, 0.29) is 12.3 Å². The second kappa shape index (κ2) is 5.27. The van der Waals surface area contributed by atoms with E-state index in [4.69, 9.17) is 5.73 Å². The Morgan fingerprint density at radius 3 is 2.69 bits per heavy atom. The first kappa shape index (κ1) is 12.9. The summed E-state index contributed by atoms with van der Waals surface area (Å²) in [5, 5.41) is 0. The van der Waals surface area contributed by atoms with Crippen LogP contribution < -0.4 is 10.5 Å². The van der Waals surface area contributed by atoms with E-state index in [9.17, 15) is 12.8 Å². The molecule has 0 aliphatic heterocycles. The zero-order chi connectivity index (χ0) is 12.2. The molecule has 1 rings (SSSR count). The van der Waals surface area contributed by atoms with Gasteiger partial charge in [-0.15, -0.1) is 0 Å². The maximum atomic E-state index is 12.9. The lowest BCUT2D eigenvalue weighted by Crippen LogP contribution is -2.17. The van der Waals surface area contributed by atoms with Crippen LogP contribution >= 0.6 is 0 Å². The molecule has 0 aliphatic rings. The number of nitrogens with one attached hydrogen (secondary N) is 1. The summed E-state index contributed by atoms with van der Waals surface area (Å²) in [5.74, 6) is -0.395. The summed E-state index contributed by atoms with van der Waals surface area (Å²) >= 11 is 0. The van der Waals surface area contributed by atoms with Crippen molar-refractivity contribution in [3.8, 4) is 0 Å². The highest BCUT2D eigenvalue weighted by Crippen LogP contribution is 2.18. The van der Waals surface area contributed by atoms with Crippen LogP contribution in [0.4, 0.5) is 10.1 Å². The Hall–Kier alpha value is -1.14. The summed E-state index contributed by atoms with van der Waals surface area (Å²) < 4.78 is 38.3. The van der Waals surface area contributed by atoms with E-state index in [2.05, 4.69) is 4.72 Å². The second-order valence-corrected chi connectivity index (χ2v) is 5.27. The Labute approximate surface area is 94.7 Å². The van der Waals surface area contributed by atoms with Crippen molar-refractivity contribution in [3.63, 3.8) is 0 Å². The molecule has 0 fully saturated rings. The topological polar surface area (TPSA) is 72.2 Å². The molecule has 16 heavy (non-hydrogen) atoms. The van der Waals surface area contributed by atoms with Crippen molar-refractivity contribution in [2.75, 3.05) is 10.5 Å². The highest BCUT2D eigenvalue weighted by Gasteiger charge is 2.11. The van der Waals surface area contributed by atoms with Gasteiger partial charge in [-0.2, -0.15) is 0 Å². The minimum absolute atomic E-state index is 0.0361. The summed E-state index contributed by atoms with van der Waals surface area (Å²) in [4.78, 5) is 0. The van der Waals surface area contributed by atoms with Crippen molar-refractivity contribution in [1.82, 2.24) is 0 Å². The molecule has 0 saturated carbocycles. The van der Waals surface area contributed by atoms with E-state index in [0.29, 0.717) is 17.7 Å². The average Bonchev–Trinajstić information content (AvgIpc) is 2.20. The molecule has 6 heteroatoms. The Morgan fingerprint density at radius 1 is 1.44 bits per heavy atom. The first-order valence-electron chi connectivity index (χ1n) is 4.97. The van der Waals surface area contributed by atoms with Crippen molar-refractivity contribution < 1.29 is 12.8 Å². The van der Waals surface area contributed by atoms with Crippen LogP contribution in [0.15, 0.2) is 18.2 Å². The molecule has 0 saturated heterocycles. The van der Waals surface area contributed by atoms with E-state index >= 15 is 0 Å². The predicted molar refractivity (Wildman–Crippen MR) is 62.0 cm³/mol. The number of halogens is 1. The standard InChI is InChI=1S/C10H15FN2O2S/c1-2-5-16(14,15)13-10-4-3-9(11)6-8(10)7-12/h3-4,6,13H,2,5,7,12H2,1H3. The molecular formula is C10H15FN2O2S. The highest BCUT2D eigenvalue weighted by atomic mass is 32.2. The molecule has 0 aliphatic carbocycles. The second-order valence-electron chi connectivity index (χ2n) is 3.43. The van der Waals surface area contributed by atoms with E-state index < -0.39 is 15.8 Å². The number of anilines is 1. The van der Waals surface area contributed by atoms with E-state index in [0.717, 1.165) is 0 Å². The lowest BCUT2D eigenvalue weighted by Gasteiger charge is -2.10. The number of hydrogen-bond acceptors (Lipinski definition) is 3. The highest BCUT2D eigenvalue weighted by molar-refractivity contribution is 7.92. The fourth-order valence-electron chi connectivity index (χ4n) is 1.32. The maximum absolute atomic E-state index is 12.9. The molecule has 0 bridgehead atoms. The maximum Gasteiger partial charge on any atom is 0.232 e. The summed E-state index contributed by atoms with van der Waals surface area (Å²) in [6.45, 7) is 1.86. The van der Waals surface area contributed by atoms with Crippen LogP contribution in [0.25, 0.3) is 0 Å². The number of rotatable bonds is 5. The monoisotopic (exact) mass is 246 g/mol. The van der Waals surface area contributed by atoms with Gasteiger partial charge in [0.1, 0.15) is 5.82 Å². The lowest BCUT2D eigenvalue weighted by atomic mass is 10.2. The van der Waals surface area contributed by atoms with E-state index in [1.165, 1.54) is 18.2 Å². The zero-order valence-corrected chi connectivity index (χ0v) is 9.85. The number of nitrogens with two attached hydrogens (primary N) is 1. The molecule has 90 valence electrons. The lowest BCUT2D eigenvalue weighted by molar-refractivity contribution is 0.599. The van der Waals surface area contributed by atoms with Gasteiger partial charge in [0, 0.05) is 6.54 Å². The third-order valence-corrected chi connectivity index (χ3v) is 3.50. The van der Waals surface area contributed by atoms with Crippen molar-refractivity contribution in [2.24, 2.45) is 5.73 Å². The van der Waals surface area contributed by atoms with Gasteiger partial charge < -0.3 is 5.73 Å². The van der Waals surface area contributed by atoms with Crippen molar-refractivity contribution in [3.05, 3.63) is 29.6 Å². The quantitative estimate of drug-likeness (QED) is 0.825. The SMILES string of the molecule is CCCS(=O)(=O)Nc1ccc(F)cc1CN. The van der Waals surface area contributed by atoms with E-state index in [1.807, 2.05) is 0 Å². The van der Waals surface area contributed by atoms with Crippen LogP contribution in [-0.4, -0.2) is 14.2 Å². The van der Waals surface area contributed by atoms with Gasteiger partial charge >= 0.3 is 0 Å². The molecule has 0 aromatic heterocycles. The molecule has 0 atom stereocenters. The first-order valence-corrected chi connectivity index (χ1v) is 6.62. The normalized spacial score (nSPS) is 11.4. The summed E-state index contributed by atoms with van der Waals surface area (Å²) in [6, 6.07) is 3.80.